The van der Waals surface area contributed by atoms with Crippen LogP contribution in [0.25, 0.3) is 21.9 Å². The molecule has 1 aromatic carbocycles. The van der Waals surface area contributed by atoms with Crippen molar-refractivity contribution in [1.29, 1.82) is 0 Å². The number of nitrogens with zero attached hydrogens (tertiary/aromatic N) is 2. The SMILES string of the molecule is O=c1[nH]c2cnc3ccccc3c2n1CCCO. The molecule has 92 valence electrons. The number of benzene rings is 1. The highest BCUT2D eigenvalue weighted by Crippen LogP contribution is 2.21. The lowest BCUT2D eigenvalue weighted by Crippen LogP contribution is -2.17. The highest BCUT2D eigenvalue weighted by atomic mass is 16.3. The number of aliphatic hydroxyl groups is 1. The topological polar surface area (TPSA) is 70.9 Å². The molecule has 0 atom stereocenters. The number of aryl methyl sites for hydroxylation is 1. The summed E-state index contributed by atoms with van der Waals surface area (Å²) in [5, 5.41) is 9.85. The number of hydrogen-bond donors (Lipinski definition) is 2. The van der Waals surface area contributed by atoms with Gasteiger partial charge in [-0.2, -0.15) is 0 Å². The van der Waals surface area contributed by atoms with E-state index in [1.807, 2.05) is 24.3 Å². The minimum Gasteiger partial charge on any atom is -0.396 e. The van der Waals surface area contributed by atoms with Crippen LogP contribution in [0.4, 0.5) is 0 Å². The molecule has 2 N–H and O–H groups in total. The Morgan fingerprint density at radius 3 is 3.00 bits per heavy atom. The van der Waals surface area contributed by atoms with E-state index >= 15 is 0 Å². The van der Waals surface area contributed by atoms with Crippen molar-refractivity contribution < 1.29 is 5.11 Å². The highest BCUT2D eigenvalue weighted by molar-refractivity contribution is 6.01. The van der Waals surface area contributed by atoms with Crippen molar-refractivity contribution in [2.45, 2.75) is 13.0 Å². The number of aromatic amines is 1. The summed E-state index contributed by atoms with van der Waals surface area (Å²) in [5.74, 6) is 0. The normalized spacial score (nSPS) is 11.4. The van der Waals surface area contributed by atoms with Gasteiger partial charge in [0.05, 0.1) is 22.7 Å². The van der Waals surface area contributed by atoms with Gasteiger partial charge >= 0.3 is 5.69 Å². The molecule has 0 aliphatic heterocycles. The molecule has 18 heavy (non-hydrogen) atoms. The Balaban J connectivity index is 2.36. The Hall–Kier alpha value is -2.14. The van der Waals surface area contributed by atoms with Crippen molar-refractivity contribution in [2.75, 3.05) is 6.61 Å². The summed E-state index contributed by atoms with van der Waals surface area (Å²) in [5.41, 5.74) is 2.30. The number of imidazole rings is 1. The first-order valence-electron chi connectivity index (χ1n) is 5.88. The monoisotopic (exact) mass is 243 g/mol. The summed E-state index contributed by atoms with van der Waals surface area (Å²) < 4.78 is 1.66. The molecule has 0 aliphatic carbocycles. The first-order valence-corrected chi connectivity index (χ1v) is 5.88. The molecule has 3 aromatic rings. The number of aromatic nitrogens is 3. The van der Waals surface area contributed by atoms with E-state index in [0.29, 0.717) is 13.0 Å². The number of aliphatic hydroxyl groups excluding tert-OH is 1. The lowest BCUT2D eigenvalue weighted by molar-refractivity contribution is 0.280. The maximum atomic E-state index is 11.9. The Labute approximate surface area is 103 Å². The van der Waals surface area contributed by atoms with Crippen LogP contribution in [-0.2, 0) is 6.54 Å². The van der Waals surface area contributed by atoms with Crippen LogP contribution in [0.15, 0.2) is 35.3 Å². The molecule has 3 rings (SSSR count). The van der Waals surface area contributed by atoms with Gasteiger partial charge in [-0.3, -0.25) is 9.55 Å². The number of hydrogen-bond acceptors (Lipinski definition) is 3. The van der Waals surface area contributed by atoms with E-state index in [2.05, 4.69) is 9.97 Å². The zero-order chi connectivity index (χ0) is 12.5. The molecule has 5 nitrogen and oxygen atoms in total. The van der Waals surface area contributed by atoms with Gasteiger partial charge in [-0.05, 0) is 12.5 Å². The van der Waals surface area contributed by atoms with Crippen molar-refractivity contribution >= 4 is 21.9 Å². The third-order valence-corrected chi connectivity index (χ3v) is 3.04. The lowest BCUT2D eigenvalue weighted by Gasteiger charge is -2.04. The van der Waals surface area contributed by atoms with E-state index in [4.69, 9.17) is 5.11 Å². The summed E-state index contributed by atoms with van der Waals surface area (Å²) in [6, 6.07) is 7.72. The largest absolute Gasteiger partial charge is 0.396 e. The van der Waals surface area contributed by atoms with Gasteiger partial charge in [-0.15, -0.1) is 0 Å². The molecule has 0 radical (unpaired) electrons. The van der Waals surface area contributed by atoms with E-state index in [9.17, 15) is 4.79 Å². The molecule has 0 amide bonds. The quantitative estimate of drug-likeness (QED) is 0.727. The van der Waals surface area contributed by atoms with Gasteiger partial charge in [0.25, 0.3) is 0 Å². The Kier molecular flexibility index (Phi) is 2.60. The van der Waals surface area contributed by atoms with E-state index in [1.165, 1.54) is 0 Å². The van der Waals surface area contributed by atoms with Gasteiger partial charge < -0.3 is 10.1 Å². The minimum absolute atomic E-state index is 0.0716. The van der Waals surface area contributed by atoms with Crippen LogP contribution in [0.5, 0.6) is 0 Å². The average molecular weight is 243 g/mol. The van der Waals surface area contributed by atoms with Crippen molar-refractivity contribution in [3.05, 3.63) is 40.9 Å². The fourth-order valence-corrected chi connectivity index (χ4v) is 2.24. The Morgan fingerprint density at radius 1 is 1.33 bits per heavy atom. The first-order chi connectivity index (χ1) is 8.81. The smallest absolute Gasteiger partial charge is 0.326 e. The van der Waals surface area contributed by atoms with Crippen LogP contribution < -0.4 is 5.69 Å². The molecule has 0 bridgehead atoms. The summed E-state index contributed by atoms with van der Waals surface area (Å²) in [7, 11) is 0. The highest BCUT2D eigenvalue weighted by Gasteiger charge is 2.10. The van der Waals surface area contributed by atoms with Crippen molar-refractivity contribution in [1.82, 2.24) is 14.5 Å². The van der Waals surface area contributed by atoms with Gasteiger partial charge in [0.15, 0.2) is 0 Å². The number of pyridine rings is 1. The number of para-hydroxylation sites is 1. The summed E-state index contributed by atoms with van der Waals surface area (Å²) in [6.45, 7) is 0.575. The van der Waals surface area contributed by atoms with Gasteiger partial charge in [0, 0.05) is 18.5 Å². The molecule has 0 saturated carbocycles. The second-order valence-corrected chi connectivity index (χ2v) is 4.20. The maximum absolute atomic E-state index is 11.9. The van der Waals surface area contributed by atoms with Crippen LogP contribution in [0.3, 0.4) is 0 Å². The van der Waals surface area contributed by atoms with Crippen LogP contribution in [0, 0.1) is 0 Å². The average Bonchev–Trinajstić information content (AvgIpc) is 2.72. The molecule has 2 heterocycles. The molecule has 0 spiro atoms. The van der Waals surface area contributed by atoms with Gasteiger partial charge in [-0.25, -0.2) is 4.79 Å². The van der Waals surface area contributed by atoms with E-state index < -0.39 is 0 Å². The lowest BCUT2D eigenvalue weighted by atomic mass is 10.2. The van der Waals surface area contributed by atoms with E-state index in [1.54, 1.807) is 10.8 Å². The predicted molar refractivity (Wildman–Crippen MR) is 69.6 cm³/mol. The van der Waals surface area contributed by atoms with Crippen molar-refractivity contribution in [3.8, 4) is 0 Å². The van der Waals surface area contributed by atoms with Gasteiger partial charge in [0.2, 0.25) is 0 Å². The fourth-order valence-electron chi connectivity index (χ4n) is 2.24. The van der Waals surface area contributed by atoms with E-state index in [0.717, 1.165) is 21.9 Å². The number of nitrogens with one attached hydrogen (secondary N) is 1. The van der Waals surface area contributed by atoms with Gasteiger partial charge in [-0.1, -0.05) is 18.2 Å². The van der Waals surface area contributed by atoms with Gasteiger partial charge in [0.1, 0.15) is 0 Å². The zero-order valence-corrected chi connectivity index (χ0v) is 9.76. The van der Waals surface area contributed by atoms with Crippen LogP contribution in [0.2, 0.25) is 0 Å². The first kappa shape index (κ1) is 11.0. The Morgan fingerprint density at radius 2 is 2.17 bits per heavy atom. The third-order valence-electron chi connectivity index (χ3n) is 3.04. The van der Waals surface area contributed by atoms with Crippen molar-refractivity contribution in [3.63, 3.8) is 0 Å². The Bertz CT molecular complexity index is 758. The van der Waals surface area contributed by atoms with Crippen LogP contribution in [-0.4, -0.2) is 26.2 Å². The standard InChI is InChI=1S/C13H13N3O2/c17-7-3-6-16-12-9-4-1-2-5-10(9)14-8-11(12)15-13(16)18/h1-2,4-5,8,17H,3,6-7H2,(H,15,18). The predicted octanol–water partition coefficient (Wildman–Crippen LogP) is 1.26. The minimum atomic E-state index is -0.156. The van der Waals surface area contributed by atoms with Crippen LogP contribution in [0.1, 0.15) is 6.42 Å². The molecule has 5 heteroatoms. The van der Waals surface area contributed by atoms with Crippen molar-refractivity contribution in [2.24, 2.45) is 0 Å². The summed E-state index contributed by atoms with van der Waals surface area (Å²) >= 11 is 0. The molecule has 0 aliphatic rings. The molecular formula is C13H13N3O2. The van der Waals surface area contributed by atoms with E-state index in [-0.39, 0.29) is 12.3 Å². The second kappa shape index (κ2) is 4.27. The summed E-state index contributed by atoms with van der Waals surface area (Å²) in [6.07, 6.45) is 2.23. The number of rotatable bonds is 3. The van der Waals surface area contributed by atoms with Crippen LogP contribution >= 0.6 is 0 Å². The summed E-state index contributed by atoms with van der Waals surface area (Å²) in [4.78, 5) is 19.0. The second-order valence-electron chi connectivity index (χ2n) is 4.20. The molecule has 0 unspecified atom stereocenters. The third kappa shape index (κ3) is 1.60. The zero-order valence-electron chi connectivity index (χ0n) is 9.76. The molecule has 0 saturated heterocycles. The molecule has 0 fully saturated rings. The fraction of sp³-hybridized carbons (Fsp3) is 0.231. The maximum Gasteiger partial charge on any atom is 0.326 e. The molecule has 2 aromatic heterocycles. The number of fused-ring (bicyclic) bond motifs is 3. The number of H-pyrrole nitrogens is 1. The molecular weight excluding hydrogens is 230 g/mol.